The van der Waals surface area contributed by atoms with Crippen molar-refractivity contribution < 1.29 is 10.0 Å². The smallest absolute Gasteiger partial charge is 0.423 e. The van der Waals surface area contributed by atoms with E-state index in [0.717, 1.165) is 5.69 Å². The molecule has 1 aromatic carbocycles. The van der Waals surface area contributed by atoms with Crippen LogP contribution >= 0.6 is 0 Å². The van der Waals surface area contributed by atoms with Gasteiger partial charge < -0.3 is 14.9 Å². The third-order valence-electron chi connectivity index (χ3n) is 1.70. The molecule has 2 N–H and O–H groups in total. The highest BCUT2D eigenvalue weighted by atomic mass is 16.4. The van der Waals surface area contributed by atoms with Gasteiger partial charge in [0.1, 0.15) is 0 Å². The normalized spacial score (nSPS) is 9.67. The van der Waals surface area contributed by atoms with Crippen LogP contribution in [0, 0.1) is 0 Å². The first kappa shape index (κ1) is 9.10. The van der Waals surface area contributed by atoms with Crippen LogP contribution < -0.4 is 10.4 Å². The molecule has 1 aromatic rings. The molecule has 0 aromatic heterocycles. The molecule has 64 valence electrons. The number of hydrogen-bond acceptors (Lipinski definition) is 3. The maximum Gasteiger partial charge on any atom is 0.490 e. The molecule has 0 aliphatic heterocycles. The van der Waals surface area contributed by atoms with Crippen molar-refractivity contribution in [1.82, 2.24) is 0 Å². The molecule has 0 heterocycles. The van der Waals surface area contributed by atoms with E-state index in [1.165, 1.54) is 0 Å². The van der Waals surface area contributed by atoms with Gasteiger partial charge in [-0.25, -0.2) is 0 Å². The minimum atomic E-state index is -1.40. The molecule has 0 saturated heterocycles. The van der Waals surface area contributed by atoms with Gasteiger partial charge in [0, 0.05) is 25.2 Å². The zero-order valence-electron chi connectivity index (χ0n) is 7.23. The van der Waals surface area contributed by atoms with Crippen LogP contribution in [-0.2, 0) is 0 Å². The van der Waals surface area contributed by atoms with Gasteiger partial charge >= 0.3 is 7.12 Å². The summed E-state index contributed by atoms with van der Waals surface area (Å²) in [6.07, 6.45) is 0. The Hall–Kier alpha value is -0.995. The number of nitrogens with zero attached hydrogens (tertiary/aromatic N) is 1. The van der Waals surface area contributed by atoms with Crippen molar-refractivity contribution in [2.24, 2.45) is 0 Å². The second kappa shape index (κ2) is 3.60. The second-order valence-corrected chi connectivity index (χ2v) is 2.83. The molecule has 0 radical (unpaired) electrons. The van der Waals surface area contributed by atoms with Crippen LogP contribution in [0.15, 0.2) is 24.3 Å². The average molecular weight is 165 g/mol. The Bertz CT molecular complexity index is 236. The number of benzene rings is 1. The van der Waals surface area contributed by atoms with E-state index in [0.29, 0.717) is 5.46 Å². The highest BCUT2D eigenvalue weighted by Crippen LogP contribution is 2.06. The van der Waals surface area contributed by atoms with Crippen LogP contribution in [0.5, 0.6) is 0 Å². The molecule has 0 spiro atoms. The van der Waals surface area contributed by atoms with E-state index in [1.807, 2.05) is 31.1 Å². The Labute approximate surface area is 72.4 Å². The topological polar surface area (TPSA) is 43.7 Å². The first-order chi connectivity index (χ1) is 5.63. The molecular formula is C8H12BNO2. The summed E-state index contributed by atoms with van der Waals surface area (Å²) in [5, 5.41) is 18.0. The van der Waals surface area contributed by atoms with Crippen molar-refractivity contribution in [2.45, 2.75) is 0 Å². The van der Waals surface area contributed by atoms with Crippen molar-refractivity contribution in [1.29, 1.82) is 0 Å². The fraction of sp³-hybridized carbons (Fsp3) is 0.250. The lowest BCUT2D eigenvalue weighted by molar-refractivity contribution is 0.426. The summed E-state index contributed by atoms with van der Waals surface area (Å²) in [5.41, 5.74) is 1.36. The largest absolute Gasteiger partial charge is 0.490 e. The molecule has 0 amide bonds. The van der Waals surface area contributed by atoms with Gasteiger partial charge in [0.05, 0.1) is 0 Å². The lowest BCUT2D eigenvalue weighted by Crippen LogP contribution is -2.34. The molecular weight excluding hydrogens is 153 g/mol. The van der Waals surface area contributed by atoms with E-state index in [1.54, 1.807) is 12.1 Å². The molecule has 3 nitrogen and oxygen atoms in total. The Morgan fingerprint density at radius 1 is 1.17 bits per heavy atom. The maximum absolute atomic E-state index is 8.98. The van der Waals surface area contributed by atoms with Crippen LogP contribution in [0.4, 0.5) is 5.69 Å². The van der Waals surface area contributed by atoms with E-state index in [2.05, 4.69) is 0 Å². The van der Waals surface area contributed by atoms with Gasteiger partial charge in [-0.1, -0.05) is 18.2 Å². The van der Waals surface area contributed by atoms with E-state index in [-0.39, 0.29) is 0 Å². The van der Waals surface area contributed by atoms with Gasteiger partial charge in [-0.3, -0.25) is 0 Å². The molecule has 0 bridgehead atoms. The maximum atomic E-state index is 8.98. The van der Waals surface area contributed by atoms with E-state index in [4.69, 9.17) is 10.0 Å². The highest BCUT2D eigenvalue weighted by molar-refractivity contribution is 6.60. The second-order valence-electron chi connectivity index (χ2n) is 2.83. The van der Waals surface area contributed by atoms with Gasteiger partial charge in [0.2, 0.25) is 0 Å². The summed E-state index contributed by atoms with van der Waals surface area (Å²) in [7, 11) is 2.33. The van der Waals surface area contributed by atoms with E-state index >= 15 is 0 Å². The Balaban J connectivity index is 3.09. The van der Waals surface area contributed by atoms with Crippen LogP contribution in [-0.4, -0.2) is 31.3 Å². The molecule has 0 saturated carbocycles. The minimum absolute atomic E-state index is 0.530. The predicted octanol–water partition coefficient (Wildman–Crippen LogP) is -0.568. The van der Waals surface area contributed by atoms with Crippen molar-refractivity contribution in [3.05, 3.63) is 24.3 Å². The van der Waals surface area contributed by atoms with Gasteiger partial charge in [-0.2, -0.15) is 0 Å². The molecule has 12 heavy (non-hydrogen) atoms. The van der Waals surface area contributed by atoms with Crippen LogP contribution in [0.2, 0.25) is 0 Å². The summed E-state index contributed by atoms with van der Waals surface area (Å²) in [5.74, 6) is 0. The van der Waals surface area contributed by atoms with E-state index in [9.17, 15) is 0 Å². The van der Waals surface area contributed by atoms with Crippen LogP contribution in [0.3, 0.4) is 0 Å². The van der Waals surface area contributed by atoms with Crippen molar-refractivity contribution in [2.75, 3.05) is 19.0 Å². The Morgan fingerprint density at radius 2 is 1.75 bits per heavy atom. The fourth-order valence-electron chi connectivity index (χ4n) is 1.11. The zero-order chi connectivity index (χ0) is 9.14. The van der Waals surface area contributed by atoms with Crippen molar-refractivity contribution in [3.8, 4) is 0 Å². The number of anilines is 1. The molecule has 0 aliphatic carbocycles. The third kappa shape index (κ3) is 1.78. The zero-order valence-corrected chi connectivity index (χ0v) is 7.23. The lowest BCUT2D eigenvalue weighted by atomic mass is 9.79. The number of hydrogen-bond donors (Lipinski definition) is 2. The Kier molecular flexibility index (Phi) is 2.73. The first-order valence-electron chi connectivity index (χ1n) is 3.75. The van der Waals surface area contributed by atoms with Crippen LogP contribution in [0.1, 0.15) is 0 Å². The molecule has 0 aliphatic rings. The summed E-state index contributed by atoms with van der Waals surface area (Å²) in [6, 6.07) is 7.18. The highest BCUT2D eigenvalue weighted by Gasteiger charge is 2.15. The van der Waals surface area contributed by atoms with Crippen molar-refractivity contribution >= 4 is 18.3 Å². The standard InChI is InChI=1S/C8H12BNO2/c1-10(2)8-6-4-3-5-7(8)9(11)12/h3-6,11-12H,1-2H3. The van der Waals surface area contributed by atoms with E-state index < -0.39 is 7.12 Å². The fourth-order valence-corrected chi connectivity index (χ4v) is 1.11. The molecule has 0 unspecified atom stereocenters. The average Bonchev–Trinajstić information content (AvgIpc) is 2.04. The van der Waals surface area contributed by atoms with Gasteiger partial charge in [0.15, 0.2) is 0 Å². The van der Waals surface area contributed by atoms with Gasteiger partial charge in [0.25, 0.3) is 0 Å². The first-order valence-corrected chi connectivity index (χ1v) is 3.75. The summed E-state index contributed by atoms with van der Waals surface area (Å²) in [6.45, 7) is 0. The SMILES string of the molecule is CN(C)c1ccccc1B(O)O. The quantitative estimate of drug-likeness (QED) is 0.577. The minimum Gasteiger partial charge on any atom is -0.423 e. The molecule has 0 atom stereocenters. The molecule has 1 rings (SSSR count). The van der Waals surface area contributed by atoms with Crippen LogP contribution in [0.25, 0.3) is 0 Å². The number of rotatable bonds is 2. The summed E-state index contributed by atoms with van der Waals surface area (Å²) in [4.78, 5) is 1.84. The summed E-state index contributed by atoms with van der Waals surface area (Å²) >= 11 is 0. The summed E-state index contributed by atoms with van der Waals surface area (Å²) < 4.78 is 0. The third-order valence-corrected chi connectivity index (χ3v) is 1.70. The van der Waals surface area contributed by atoms with Gasteiger partial charge in [-0.05, 0) is 6.07 Å². The predicted molar refractivity (Wildman–Crippen MR) is 50.6 cm³/mol. The van der Waals surface area contributed by atoms with Gasteiger partial charge in [-0.15, -0.1) is 0 Å². The monoisotopic (exact) mass is 165 g/mol. The Morgan fingerprint density at radius 3 is 2.17 bits per heavy atom. The molecule has 4 heteroatoms. The lowest BCUT2D eigenvalue weighted by Gasteiger charge is -2.16. The van der Waals surface area contributed by atoms with Crippen molar-refractivity contribution in [3.63, 3.8) is 0 Å². The molecule has 0 fully saturated rings. The number of para-hydroxylation sites is 1.